The molecule has 11 aromatic carbocycles. The molecule has 0 spiro atoms. The zero-order chi connectivity index (χ0) is 58.3. The van der Waals surface area contributed by atoms with Crippen LogP contribution in [0.5, 0.6) is 11.5 Å². The first-order chi connectivity index (χ1) is 41.9. The number of hydrogen-bond donors (Lipinski definition) is 0. The minimum Gasteiger partial charge on any atom is -0.509 e. The molecular formula is C81H63N4OPt-3. The van der Waals surface area contributed by atoms with E-state index in [1.807, 2.05) is 24.4 Å². The predicted molar refractivity (Wildman–Crippen MR) is 355 cm³/mol. The van der Waals surface area contributed by atoms with Crippen molar-refractivity contribution in [2.24, 2.45) is 0 Å². The van der Waals surface area contributed by atoms with Gasteiger partial charge in [-0.05, 0) is 125 Å². The summed E-state index contributed by atoms with van der Waals surface area (Å²) in [4.78, 5) is 9.88. The van der Waals surface area contributed by atoms with Gasteiger partial charge in [0.2, 0.25) is 0 Å². The quantitative estimate of drug-likeness (QED) is 0.128. The van der Waals surface area contributed by atoms with Crippen LogP contribution in [0, 0.1) is 18.8 Å². The molecule has 0 saturated carbocycles. The molecule has 0 amide bonds. The average molecular weight is 1300 g/mol. The van der Waals surface area contributed by atoms with Crippen molar-refractivity contribution < 1.29 is 25.8 Å². The maximum absolute atomic E-state index is 6.96. The molecule has 426 valence electrons. The van der Waals surface area contributed by atoms with Crippen LogP contribution in [0.25, 0.3) is 72.1 Å². The van der Waals surface area contributed by atoms with E-state index in [1.165, 1.54) is 38.9 Å². The molecule has 1 aliphatic heterocycles. The van der Waals surface area contributed by atoms with Gasteiger partial charge in [-0.25, -0.2) is 4.98 Å². The first-order valence-electron chi connectivity index (χ1n) is 29.8. The van der Waals surface area contributed by atoms with Crippen LogP contribution in [0.2, 0.25) is 0 Å². The number of benzene rings is 11. The predicted octanol–water partition coefficient (Wildman–Crippen LogP) is 20.9. The molecule has 15 rings (SSSR count). The fourth-order valence-electron chi connectivity index (χ4n) is 13.3. The van der Waals surface area contributed by atoms with Crippen molar-refractivity contribution in [2.75, 3.05) is 9.80 Å². The van der Waals surface area contributed by atoms with E-state index in [1.54, 1.807) is 0 Å². The van der Waals surface area contributed by atoms with Crippen molar-refractivity contribution in [3.63, 3.8) is 0 Å². The monoisotopic (exact) mass is 1300 g/mol. The Balaban J connectivity index is 0.00000667. The van der Waals surface area contributed by atoms with E-state index in [2.05, 4.69) is 317 Å². The topological polar surface area (TPSA) is 33.5 Å². The number of pyridine rings is 1. The summed E-state index contributed by atoms with van der Waals surface area (Å²) in [5.74, 6) is 1.92. The zero-order valence-corrected chi connectivity index (χ0v) is 51.8. The summed E-state index contributed by atoms with van der Waals surface area (Å²) in [6.07, 6.45) is 1.99. The van der Waals surface area contributed by atoms with Crippen molar-refractivity contribution in [1.29, 1.82) is 0 Å². The number of aromatic nitrogens is 2. The van der Waals surface area contributed by atoms with E-state index in [0.29, 0.717) is 11.5 Å². The van der Waals surface area contributed by atoms with Crippen LogP contribution in [0.4, 0.5) is 22.7 Å². The van der Waals surface area contributed by atoms with E-state index in [4.69, 9.17) is 9.72 Å². The number of rotatable bonds is 10. The molecule has 0 bridgehead atoms. The Kier molecular flexibility index (Phi) is 13.8. The normalized spacial score (nSPS) is 13.3. The van der Waals surface area contributed by atoms with E-state index in [9.17, 15) is 0 Å². The number of nitrogens with zero attached hydrogens (tertiary/aromatic N) is 4. The summed E-state index contributed by atoms with van der Waals surface area (Å²) in [5, 5.41) is 2.14. The number of ether oxygens (including phenoxy) is 1. The fraction of sp³-hybridized carbons (Fsp3) is 0.111. The zero-order valence-electron chi connectivity index (χ0n) is 49.5. The average Bonchev–Trinajstić information content (AvgIpc) is 1.59. The first kappa shape index (κ1) is 55.3. The van der Waals surface area contributed by atoms with Gasteiger partial charge in [0, 0.05) is 72.5 Å². The van der Waals surface area contributed by atoms with E-state index >= 15 is 0 Å². The van der Waals surface area contributed by atoms with Gasteiger partial charge in [-0.3, -0.25) is 0 Å². The molecule has 5 nitrogen and oxygen atoms in total. The van der Waals surface area contributed by atoms with Gasteiger partial charge in [0.25, 0.3) is 0 Å². The molecule has 2 aliphatic rings. The van der Waals surface area contributed by atoms with Crippen LogP contribution in [0.15, 0.2) is 267 Å². The van der Waals surface area contributed by atoms with E-state index < -0.39 is 5.41 Å². The second kappa shape index (κ2) is 21.8. The molecular weight excluding hydrogens is 1240 g/mol. The molecule has 13 aromatic rings. The van der Waals surface area contributed by atoms with Crippen molar-refractivity contribution in [1.82, 2.24) is 9.55 Å². The molecule has 0 atom stereocenters. The van der Waals surface area contributed by atoms with Crippen LogP contribution >= 0.6 is 0 Å². The second-order valence-electron chi connectivity index (χ2n) is 24.8. The Morgan fingerprint density at radius 1 is 0.425 bits per heavy atom. The van der Waals surface area contributed by atoms with Crippen LogP contribution in [-0.2, 0) is 37.3 Å². The Bertz CT molecular complexity index is 4620. The van der Waals surface area contributed by atoms with Gasteiger partial charge in [-0.2, -0.15) is 12.1 Å². The molecule has 3 heterocycles. The largest absolute Gasteiger partial charge is 0.509 e. The van der Waals surface area contributed by atoms with Gasteiger partial charge in [0.1, 0.15) is 5.82 Å². The number of hydrogen-bond acceptors (Lipinski definition) is 4. The summed E-state index contributed by atoms with van der Waals surface area (Å²) in [6, 6.07) is 102. The summed E-state index contributed by atoms with van der Waals surface area (Å²) in [5.41, 5.74) is 22.0. The molecule has 0 N–H and O–H groups in total. The first-order valence-corrected chi connectivity index (χ1v) is 29.8. The summed E-state index contributed by atoms with van der Waals surface area (Å²) in [7, 11) is 0. The molecule has 0 radical (unpaired) electrons. The summed E-state index contributed by atoms with van der Waals surface area (Å²) in [6.45, 7) is 15.9. The third-order valence-electron chi connectivity index (χ3n) is 17.6. The van der Waals surface area contributed by atoms with Crippen molar-refractivity contribution in [2.45, 2.75) is 57.8 Å². The maximum atomic E-state index is 6.96. The van der Waals surface area contributed by atoms with Crippen molar-refractivity contribution in [3.8, 4) is 61.8 Å². The van der Waals surface area contributed by atoms with Gasteiger partial charge in [-0.15, -0.1) is 48.1 Å². The van der Waals surface area contributed by atoms with Gasteiger partial charge in [0.15, 0.2) is 0 Å². The fourth-order valence-corrected chi connectivity index (χ4v) is 13.3. The van der Waals surface area contributed by atoms with Gasteiger partial charge in [-0.1, -0.05) is 235 Å². The van der Waals surface area contributed by atoms with Crippen molar-refractivity contribution in [3.05, 3.63) is 319 Å². The van der Waals surface area contributed by atoms with Crippen LogP contribution < -0.4 is 14.5 Å². The number of anilines is 4. The van der Waals surface area contributed by atoms with Crippen LogP contribution in [0.1, 0.15) is 74.9 Å². The Labute approximate surface area is 525 Å². The smallest absolute Gasteiger partial charge is 0.135 e. The SMILES string of the molecule is CC(C)(C)c1ccc(C2(c3ccnc(-n4c5[c-]c(Oc6[c-]c(N7[CH-]N(c8c(-c9ccccc9)cc(C(C)(C)C)cc8-c8ccccc8)c8ccccc87)ccc6)ccc5c5ccc(-c6ccccc6)cc54)c3)c3ccccc3-c3ccccc32)cc1.[Pt]. The number of fused-ring (bicyclic) bond motifs is 7. The van der Waals surface area contributed by atoms with Gasteiger partial charge >= 0.3 is 0 Å². The molecule has 0 fully saturated rings. The van der Waals surface area contributed by atoms with Crippen molar-refractivity contribution >= 4 is 44.6 Å². The Morgan fingerprint density at radius 2 is 0.977 bits per heavy atom. The third-order valence-corrected chi connectivity index (χ3v) is 17.6. The third kappa shape index (κ3) is 9.48. The minimum absolute atomic E-state index is 0. The summed E-state index contributed by atoms with van der Waals surface area (Å²) < 4.78 is 9.24. The van der Waals surface area contributed by atoms with Crippen LogP contribution in [0.3, 0.4) is 0 Å². The standard InChI is InChI=1S/C81H63N4O.Pt/c1-79(2,3)58-38-40-59(41-39-58)81(71-33-18-16-31-65(71)66-32-17-19-34-72(66)81)60-45-46-82-77(50-60)85-75-47-57(54-23-10-7-11-24-54)37-43-67(75)68-44-42-64(52-76(68)85)86-63-30-22-29-62(51-63)83-53-84(74-36-21-20-35-73(74)83)78-69(55-25-12-8-13-26-55)48-61(80(4,5)6)49-70(78)56-27-14-9-15-28-56;/h7-50,53H,1-6H3;/q-3;. The summed E-state index contributed by atoms with van der Waals surface area (Å²) >= 11 is 0. The molecule has 0 saturated heterocycles. The molecule has 87 heavy (non-hydrogen) atoms. The van der Waals surface area contributed by atoms with Gasteiger partial charge in [0.05, 0.1) is 5.41 Å². The van der Waals surface area contributed by atoms with Crippen LogP contribution in [-0.4, -0.2) is 9.55 Å². The Morgan fingerprint density at radius 3 is 1.60 bits per heavy atom. The molecule has 2 aromatic heterocycles. The van der Waals surface area contributed by atoms with E-state index in [0.717, 1.165) is 89.3 Å². The number of para-hydroxylation sites is 2. The molecule has 1 aliphatic carbocycles. The maximum Gasteiger partial charge on any atom is 0.135 e. The molecule has 0 unspecified atom stereocenters. The minimum atomic E-state index is -0.635. The van der Waals surface area contributed by atoms with Gasteiger partial charge < -0.3 is 19.1 Å². The molecule has 6 heteroatoms. The second-order valence-corrected chi connectivity index (χ2v) is 24.8. The Hall–Kier alpha value is -9.54. The van der Waals surface area contributed by atoms with E-state index in [-0.39, 0.29) is 31.9 Å².